The molecule has 8 nitrogen and oxygen atoms in total. The third-order valence-electron chi connectivity index (χ3n) is 7.66. The summed E-state index contributed by atoms with van der Waals surface area (Å²) in [6, 6.07) is 16.6. The molecule has 0 saturated carbocycles. The number of benzene rings is 3. The van der Waals surface area contributed by atoms with E-state index in [0.29, 0.717) is 12.2 Å². The van der Waals surface area contributed by atoms with E-state index < -0.39 is 6.09 Å². The van der Waals surface area contributed by atoms with Gasteiger partial charge in [-0.3, -0.25) is 0 Å². The maximum Gasteiger partial charge on any atom is 0.407 e. The fraction of sp³-hybridized carbons (Fsp3) is 0.345. The summed E-state index contributed by atoms with van der Waals surface area (Å²) in [6.07, 6.45) is -0.463. The van der Waals surface area contributed by atoms with Gasteiger partial charge in [0.25, 0.3) is 0 Å². The van der Waals surface area contributed by atoms with Crippen LogP contribution in [0.3, 0.4) is 0 Å². The number of azide groups is 1. The fourth-order valence-electron chi connectivity index (χ4n) is 5.87. The lowest BCUT2D eigenvalue weighted by Crippen LogP contribution is -2.44. The van der Waals surface area contributed by atoms with Gasteiger partial charge in [0.05, 0.1) is 0 Å². The van der Waals surface area contributed by atoms with E-state index in [4.69, 9.17) is 4.74 Å². The number of nitrogens with one attached hydrogen (secondary N) is 2. The predicted octanol–water partition coefficient (Wildman–Crippen LogP) is 6.00. The van der Waals surface area contributed by atoms with Crippen LogP contribution in [0.25, 0.3) is 21.6 Å². The SMILES string of the molecule is Cc1c(CNC(=O)OCC2c3ccccc3-c3ccccc32)c(C)c(N2CCNCC2)c(C)c1N=[N+]=[N-]. The number of rotatable bonds is 6. The lowest BCUT2D eigenvalue weighted by atomic mass is 9.93. The number of amides is 1. The first kappa shape index (κ1) is 24.7. The van der Waals surface area contributed by atoms with Gasteiger partial charge in [0.15, 0.2) is 0 Å². The third-order valence-corrected chi connectivity index (χ3v) is 7.66. The molecule has 0 radical (unpaired) electrons. The molecule has 1 heterocycles. The normalized spacial score (nSPS) is 14.5. The smallest absolute Gasteiger partial charge is 0.407 e. The minimum atomic E-state index is -0.463. The molecule has 1 aliphatic heterocycles. The number of carbonyl (C=O) groups is 1. The Morgan fingerprint density at radius 2 is 1.65 bits per heavy atom. The number of fused-ring (bicyclic) bond motifs is 3. The van der Waals surface area contributed by atoms with E-state index in [1.165, 1.54) is 22.3 Å². The molecule has 3 aromatic rings. The number of piperazine rings is 1. The van der Waals surface area contributed by atoms with Gasteiger partial charge in [-0.1, -0.05) is 53.6 Å². The minimum Gasteiger partial charge on any atom is -0.449 e. The molecule has 0 aromatic heterocycles. The molecule has 1 fully saturated rings. The Morgan fingerprint density at radius 1 is 1.03 bits per heavy atom. The molecule has 2 aliphatic rings. The number of ether oxygens (including phenoxy) is 1. The van der Waals surface area contributed by atoms with Crippen molar-refractivity contribution in [1.29, 1.82) is 0 Å². The highest BCUT2D eigenvalue weighted by atomic mass is 16.5. The quantitative estimate of drug-likeness (QED) is 0.248. The van der Waals surface area contributed by atoms with Gasteiger partial charge in [-0.05, 0) is 70.8 Å². The van der Waals surface area contributed by atoms with E-state index in [1.807, 2.05) is 38.1 Å². The maximum absolute atomic E-state index is 12.8. The van der Waals surface area contributed by atoms with E-state index in [1.54, 1.807) is 0 Å². The van der Waals surface area contributed by atoms with Crippen LogP contribution in [-0.2, 0) is 11.3 Å². The Labute approximate surface area is 217 Å². The van der Waals surface area contributed by atoms with Crippen molar-refractivity contribution in [3.8, 4) is 11.1 Å². The first-order valence-electron chi connectivity index (χ1n) is 12.7. The number of hydrogen-bond donors (Lipinski definition) is 2. The van der Waals surface area contributed by atoms with Gasteiger partial charge in [-0.15, -0.1) is 0 Å². The van der Waals surface area contributed by atoms with Crippen LogP contribution >= 0.6 is 0 Å². The summed E-state index contributed by atoms with van der Waals surface area (Å²) in [5.74, 6) is 0.0110. The molecule has 190 valence electrons. The zero-order valence-corrected chi connectivity index (χ0v) is 21.5. The lowest BCUT2D eigenvalue weighted by molar-refractivity contribution is 0.142. The summed E-state index contributed by atoms with van der Waals surface area (Å²) in [6.45, 7) is 10.1. The van der Waals surface area contributed by atoms with Gasteiger partial charge in [0.2, 0.25) is 0 Å². The summed E-state index contributed by atoms with van der Waals surface area (Å²) in [7, 11) is 0. The highest BCUT2D eigenvalue weighted by Gasteiger charge is 2.29. The summed E-state index contributed by atoms with van der Waals surface area (Å²) < 4.78 is 5.74. The predicted molar refractivity (Wildman–Crippen MR) is 146 cm³/mol. The first-order valence-corrected chi connectivity index (χ1v) is 12.7. The van der Waals surface area contributed by atoms with Gasteiger partial charge in [0.1, 0.15) is 6.61 Å². The highest BCUT2D eigenvalue weighted by Crippen LogP contribution is 2.44. The fourth-order valence-corrected chi connectivity index (χ4v) is 5.87. The number of hydrogen-bond acceptors (Lipinski definition) is 5. The van der Waals surface area contributed by atoms with Crippen LogP contribution in [0.4, 0.5) is 16.2 Å². The van der Waals surface area contributed by atoms with Gasteiger partial charge >= 0.3 is 6.09 Å². The zero-order chi connectivity index (χ0) is 25.9. The number of nitrogens with zero attached hydrogens (tertiary/aromatic N) is 4. The second kappa shape index (κ2) is 10.5. The van der Waals surface area contributed by atoms with Crippen LogP contribution < -0.4 is 15.5 Å². The van der Waals surface area contributed by atoms with Crippen molar-refractivity contribution >= 4 is 17.5 Å². The molecule has 0 unspecified atom stereocenters. The van der Waals surface area contributed by atoms with Crippen molar-refractivity contribution in [3.63, 3.8) is 0 Å². The molecular weight excluding hydrogens is 464 g/mol. The van der Waals surface area contributed by atoms with E-state index >= 15 is 0 Å². The molecule has 5 rings (SSSR count). The topological polar surface area (TPSA) is 102 Å². The molecule has 8 heteroatoms. The molecule has 0 bridgehead atoms. The minimum absolute atomic E-state index is 0.0110. The van der Waals surface area contributed by atoms with Crippen LogP contribution in [0, 0.1) is 20.8 Å². The Bertz CT molecular complexity index is 1340. The van der Waals surface area contributed by atoms with E-state index in [0.717, 1.165) is 54.1 Å². The second-order valence-electron chi connectivity index (χ2n) is 9.66. The van der Waals surface area contributed by atoms with Gasteiger partial charge in [-0.25, -0.2) is 4.79 Å². The average Bonchev–Trinajstić information content (AvgIpc) is 3.24. The Kier molecular flexibility index (Phi) is 7.04. The molecule has 1 saturated heterocycles. The van der Waals surface area contributed by atoms with Crippen molar-refractivity contribution in [2.24, 2.45) is 5.11 Å². The van der Waals surface area contributed by atoms with Crippen LogP contribution in [0.15, 0.2) is 53.6 Å². The van der Waals surface area contributed by atoms with Crippen molar-refractivity contribution in [2.75, 3.05) is 37.7 Å². The van der Waals surface area contributed by atoms with Crippen LogP contribution in [0.5, 0.6) is 0 Å². The molecule has 1 aliphatic carbocycles. The summed E-state index contributed by atoms with van der Waals surface area (Å²) in [5.41, 5.74) is 19.6. The van der Waals surface area contributed by atoms with Crippen LogP contribution in [-0.4, -0.2) is 38.9 Å². The molecule has 0 spiro atoms. The number of alkyl carbamates (subject to hydrolysis) is 1. The number of anilines is 1. The zero-order valence-electron chi connectivity index (χ0n) is 21.5. The van der Waals surface area contributed by atoms with E-state index in [2.05, 4.69) is 56.7 Å². The summed E-state index contributed by atoms with van der Waals surface area (Å²) in [4.78, 5) is 18.2. The molecule has 0 atom stereocenters. The molecule has 2 N–H and O–H groups in total. The summed E-state index contributed by atoms with van der Waals surface area (Å²) >= 11 is 0. The van der Waals surface area contributed by atoms with E-state index in [9.17, 15) is 10.3 Å². The van der Waals surface area contributed by atoms with Gasteiger partial charge < -0.3 is 20.3 Å². The van der Waals surface area contributed by atoms with Crippen molar-refractivity contribution < 1.29 is 9.53 Å². The van der Waals surface area contributed by atoms with Crippen LogP contribution in [0.2, 0.25) is 0 Å². The van der Waals surface area contributed by atoms with Crippen molar-refractivity contribution in [3.05, 3.63) is 92.4 Å². The second-order valence-corrected chi connectivity index (χ2v) is 9.66. The van der Waals surface area contributed by atoms with Crippen LogP contribution in [0.1, 0.15) is 39.3 Å². The Morgan fingerprint density at radius 3 is 2.27 bits per heavy atom. The average molecular weight is 497 g/mol. The Balaban J connectivity index is 1.34. The first-order chi connectivity index (χ1) is 18.0. The molecule has 37 heavy (non-hydrogen) atoms. The van der Waals surface area contributed by atoms with Crippen molar-refractivity contribution in [2.45, 2.75) is 33.2 Å². The lowest BCUT2D eigenvalue weighted by Gasteiger charge is -2.34. The summed E-state index contributed by atoms with van der Waals surface area (Å²) in [5, 5.41) is 10.3. The number of carbonyl (C=O) groups excluding carboxylic acids is 1. The third kappa shape index (κ3) is 4.61. The van der Waals surface area contributed by atoms with Gasteiger partial charge in [0, 0.05) is 54.9 Å². The standard InChI is InChI=1S/C29H32N6O2/c1-18-25(19(2)28(20(3)27(18)33-34-30)35-14-12-31-13-15-35)16-32-29(36)37-17-26-23-10-6-4-8-21(23)22-9-5-7-11-24(22)26/h4-11,26,31H,12-17H2,1-3H3,(H,32,36). The van der Waals surface area contributed by atoms with Gasteiger partial charge in [-0.2, -0.15) is 0 Å². The highest BCUT2D eigenvalue weighted by molar-refractivity contribution is 5.79. The molecular formula is C29H32N6O2. The molecule has 1 amide bonds. The maximum atomic E-state index is 12.8. The largest absolute Gasteiger partial charge is 0.449 e. The molecule has 3 aromatic carbocycles. The van der Waals surface area contributed by atoms with E-state index in [-0.39, 0.29) is 12.5 Å². The van der Waals surface area contributed by atoms with Crippen molar-refractivity contribution in [1.82, 2.24) is 10.6 Å². The monoisotopic (exact) mass is 496 g/mol. The Hall–Kier alpha value is -4.00.